The number of aryl methyl sites for hydroxylation is 1. The molecule has 0 atom stereocenters. The molecule has 1 aromatic carbocycles. The molecule has 0 aliphatic rings. The van der Waals surface area contributed by atoms with Gasteiger partial charge in [0.15, 0.2) is 0 Å². The van der Waals surface area contributed by atoms with Crippen molar-refractivity contribution in [2.24, 2.45) is 0 Å². The van der Waals surface area contributed by atoms with E-state index in [1.165, 1.54) is 6.92 Å². The van der Waals surface area contributed by atoms with Crippen LogP contribution in [0, 0.1) is 6.92 Å². The molecule has 0 saturated carbocycles. The van der Waals surface area contributed by atoms with Crippen molar-refractivity contribution in [1.82, 2.24) is 0 Å². The maximum atomic E-state index is 12.6. The Morgan fingerprint density at radius 3 is 2.06 bits per heavy atom. The fourth-order valence-electron chi connectivity index (χ4n) is 1.08. The number of benzene rings is 1. The molecule has 16 heavy (non-hydrogen) atoms. The van der Waals surface area contributed by atoms with Gasteiger partial charge in [0.2, 0.25) is 0 Å². The summed E-state index contributed by atoms with van der Waals surface area (Å²) in [6.07, 6.45) is 0. The Labute approximate surface area is 133 Å². The van der Waals surface area contributed by atoms with Crippen LogP contribution in [0.25, 0.3) is 0 Å². The van der Waals surface area contributed by atoms with Crippen molar-refractivity contribution in [3.05, 3.63) is 23.8 Å². The van der Waals surface area contributed by atoms with Crippen molar-refractivity contribution < 1.29 is 76.6 Å². The number of hydrogen-bond acceptors (Lipinski definition) is 2. The van der Waals surface area contributed by atoms with E-state index in [0.29, 0.717) is 6.07 Å². The molecular formula is C7H6BF4KO2S. The number of hydrogen-bond donors (Lipinski definition) is 0. The maximum Gasteiger partial charge on any atom is 1.00 e. The molecule has 0 aromatic heterocycles. The van der Waals surface area contributed by atoms with Crippen LogP contribution in [0.15, 0.2) is 23.1 Å². The van der Waals surface area contributed by atoms with Crippen LogP contribution in [0.4, 0.5) is 16.8 Å². The van der Waals surface area contributed by atoms with Gasteiger partial charge in [-0.1, -0.05) is 18.2 Å². The molecule has 0 aliphatic heterocycles. The van der Waals surface area contributed by atoms with Crippen LogP contribution < -0.4 is 56.8 Å². The predicted octanol–water partition coefficient (Wildman–Crippen LogP) is -1.29. The zero-order valence-electron chi connectivity index (χ0n) is 8.55. The van der Waals surface area contributed by atoms with Gasteiger partial charge in [-0.25, -0.2) is 0 Å². The number of rotatable bonds is 2. The summed E-state index contributed by atoms with van der Waals surface area (Å²) in [5.41, 5.74) is -1.18. The van der Waals surface area contributed by atoms with Gasteiger partial charge in [-0.3, -0.25) is 0 Å². The summed E-state index contributed by atoms with van der Waals surface area (Å²) in [6.45, 7) is -4.10. The molecular weight excluding hydrogens is 274 g/mol. The standard InChI is InChI=1S/C7H6BF4O2S.K/c1-5-2-3-6(8(9,10)11)4-7(5)15(12,13)14;/h2-4H,1H3;/q-1;+1. The Morgan fingerprint density at radius 1 is 1.19 bits per heavy atom. The fraction of sp³-hybridized carbons (Fsp3) is 0.143. The molecule has 2 nitrogen and oxygen atoms in total. The first-order chi connectivity index (χ1) is 6.62. The van der Waals surface area contributed by atoms with Crippen LogP contribution in [0.2, 0.25) is 0 Å². The second-order valence-corrected chi connectivity index (χ2v) is 4.35. The van der Waals surface area contributed by atoms with E-state index in [1.807, 2.05) is 0 Å². The van der Waals surface area contributed by atoms with E-state index in [9.17, 15) is 25.3 Å². The summed E-state index contributed by atoms with van der Waals surface area (Å²) < 4.78 is 70.3. The zero-order valence-corrected chi connectivity index (χ0v) is 12.5. The molecule has 9 heteroatoms. The number of halogens is 4. The molecule has 0 amide bonds. The van der Waals surface area contributed by atoms with Gasteiger partial charge in [0.25, 0.3) is 0 Å². The fourth-order valence-corrected chi connectivity index (χ4v) is 1.81. The normalized spacial score (nSPS) is 12.1. The largest absolute Gasteiger partial charge is 1.00 e. The van der Waals surface area contributed by atoms with Gasteiger partial charge >= 0.3 is 68.6 Å². The second-order valence-electron chi connectivity index (χ2n) is 3.04. The molecule has 0 fully saturated rings. The first-order valence-corrected chi connectivity index (χ1v) is 5.26. The van der Waals surface area contributed by atoms with Crippen molar-refractivity contribution in [2.75, 3.05) is 0 Å². The van der Waals surface area contributed by atoms with Crippen molar-refractivity contribution >= 4 is 22.7 Å². The molecule has 1 rings (SSSR count). The molecule has 0 aliphatic carbocycles. The topological polar surface area (TPSA) is 34.1 Å². The summed E-state index contributed by atoms with van der Waals surface area (Å²) in [4.78, 5) is -0.931. The Bertz CT molecular complexity index is 486. The van der Waals surface area contributed by atoms with E-state index in [4.69, 9.17) is 0 Å². The molecule has 0 spiro atoms. The Kier molecular flexibility index (Phi) is 5.69. The Morgan fingerprint density at radius 2 is 1.69 bits per heavy atom. The second kappa shape index (κ2) is 5.49. The summed E-state index contributed by atoms with van der Waals surface area (Å²) in [6, 6.07) is 1.96. The van der Waals surface area contributed by atoms with Gasteiger partial charge in [0, 0.05) is 0 Å². The van der Waals surface area contributed by atoms with Gasteiger partial charge < -0.3 is 12.9 Å². The molecule has 0 unspecified atom stereocenters. The minimum atomic E-state index is -5.32. The third-order valence-electron chi connectivity index (χ3n) is 1.85. The van der Waals surface area contributed by atoms with Crippen molar-refractivity contribution in [3.63, 3.8) is 0 Å². The van der Waals surface area contributed by atoms with E-state index in [1.54, 1.807) is 0 Å². The van der Waals surface area contributed by atoms with Gasteiger partial charge in [-0.15, -0.1) is 9.35 Å². The Balaban J connectivity index is 0.00000225. The third kappa shape index (κ3) is 4.12. The van der Waals surface area contributed by atoms with Crippen molar-refractivity contribution in [2.45, 2.75) is 11.8 Å². The SMILES string of the molecule is Cc1ccc([B-](F)(F)F)cc1S(=O)(=O)F.[K+]. The van der Waals surface area contributed by atoms with Gasteiger partial charge in [0.1, 0.15) is 0 Å². The van der Waals surface area contributed by atoms with E-state index in [-0.39, 0.29) is 56.9 Å². The Hall–Kier alpha value is 0.591. The molecule has 1 aromatic rings. The van der Waals surface area contributed by atoms with Gasteiger partial charge in [0.05, 0.1) is 4.90 Å². The quantitative estimate of drug-likeness (QED) is 0.384. The monoisotopic (exact) mass is 280 g/mol. The molecule has 84 valence electrons. The minimum Gasteiger partial charge on any atom is -0.445 e. The summed E-state index contributed by atoms with van der Waals surface area (Å²) in [7, 11) is -5.11. The first kappa shape index (κ1) is 16.6. The summed E-state index contributed by atoms with van der Waals surface area (Å²) >= 11 is 0. The van der Waals surface area contributed by atoms with E-state index >= 15 is 0 Å². The van der Waals surface area contributed by atoms with Crippen LogP contribution in [0.5, 0.6) is 0 Å². The minimum absolute atomic E-state index is 0. The summed E-state index contributed by atoms with van der Waals surface area (Å²) in [5.74, 6) is 0. The molecule has 0 heterocycles. The maximum absolute atomic E-state index is 12.6. The first-order valence-electron chi connectivity index (χ1n) is 3.87. The van der Waals surface area contributed by atoms with E-state index < -0.39 is 27.6 Å². The average Bonchev–Trinajstić information content (AvgIpc) is 2.00. The molecule has 0 radical (unpaired) electrons. The average molecular weight is 280 g/mol. The van der Waals surface area contributed by atoms with Gasteiger partial charge in [-0.2, -0.15) is 8.42 Å². The van der Waals surface area contributed by atoms with Crippen LogP contribution in [0.1, 0.15) is 5.56 Å². The van der Waals surface area contributed by atoms with Gasteiger partial charge in [-0.05, 0) is 12.5 Å². The zero-order chi connectivity index (χ0) is 11.9. The predicted molar refractivity (Wildman–Crippen MR) is 48.2 cm³/mol. The van der Waals surface area contributed by atoms with Crippen molar-refractivity contribution in [3.8, 4) is 0 Å². The summed E-state index contributed by atoms with van der Waals surface area (Å²) in [5, 5.41) is 0. The molecule has 0 bridgehead atoms. The van der Waals surface area contributed by atoms with E-state index in [0.717, 1.165) is 12.1 Å². The van der Waals surface area contributed by atoms with Crippen molar-refractivity contribution in [1.29, 1.82) is 0 Å². The molecule has 0 N–H and O–H groups in total. The van der Waals surface area contributed by atoms with Crippen LogP contribution >= 0.6 is 0 Å². The smallest absolute Gasteiger partial charge is 0.445 e. The van der Waals surface area contributed by atoms with Crippen LogP contribution in [-0.2, 0) is 10.2 Å². The molecule has 0 saturated heterocycles. The van der Waals surface area contributed by atoms with Crippen LogP contribution in [-0.4, -0.2) is 15.4 Å². The third-order valence-corrected chi connectivity index (χ3v) is 2.82. The van der Waals surface area contributed by atoms with Crippen LogP contribution in [0.3, 0.4) is 0 Å². The van der Waals surface area contributed by atoms with E-state index in [2.05, 4.69) is 0 Å².